The Morgan fingerprint density at radius 3 is 2.77 bits per heavy atom. The molecule has 0 bridgehead atoms. The summed E-state index contributed by atoms with van der Waals surface area (Å²) < 4.78 is 0.920. The van der Waals surface area contributed by atoms with E-state index in [0.717, 1.165) is 9.37 Å². The van der Waals surface area contributed by atoms with E-state index in [0.29, 0.717) is 18.1 Å². The fourth-order valence-electron chi connectivity index (χ4n) is 1.97. The normalized spacial score (nSPS) is 18.7. The highest BCUT2D eigenvalue weighted by Crippen LogP contribution is 2.32. The highest BCUT2D eigenvalue weighted by molar-refractivity contribution is 9.10. The van der Waals surface area contributed by atoms with E-state index in [-0.39, 0.29) is 16.6 Å². The summed E-state index contributed by atoms with van der Waals surface area (Å²) in [6.07, 6.45) is 0. The first kappa shape index (κ1) is 17.7. The maximum Gasteiger partial charge on any atom is 0.243 e. The molecule has 1 aliphatic rings. The molecule has 0 saturated carbocycles. The minimum absolute atomic E-state index is 0.0695. The van der Waals surface area contributed by atoms with Crippen molar-refractivity contribution in [2.24, 2.45) is 0 Å². The van der Waals surface area contributed by atoms with E-state index < -0.39 is 6.04 Å². The van der Waals surface area contributed by atoms with E-state index in [1.54, 1.807) is 11.8 Å². The maximum absolute atomic E-state index is 12.1. The van der Waals surface area contributed by atoms with Crippen LogP contribution in [-0.4, -0.2) is 40.7 Å². The van der Waals surface area contributed by atoms with Crippen molar-refractivity contribution in [2.45, 2.75) is 29.5 Å². The summed E-state index contributed by atoms with van der Waals surface area (Å²) in [5, 5.41) is 5.67. The fourth-order valence-corrected chi connectivity index (χ4v) is 4.15. The van der Waals surface area contributed by atoms with E-state index in [4.69, 9.17) is 0 Å². The number of nitrogens with one attached hydrogen (secondary N) is 2. The Morgan fingerprint density at radius 1 is 1.45 bits per heavy atom. The van der Waals surface area contributed by atoms with Crippen LogP contribution in [0.15, 0.2) is 33.6 Å². The molecule has 7 heteroatoms. The number of benzene rings is 1. The van der Waals surface area contributed by atoms with Crippen molar-refractivity contribution in [2.75, 3.05) is 18.1 Å². The average molecular weight is 403 g/mol. The largest absolute Gasteiger partial charge is 0.353 e. The Morgan fingerprint density at radius 2 is 2.14 bits per heavy atom. The van der Waals surface area contributed by atoms with E-state index in [9.17, 15) is 9.59 Å². The molecular weight excluding hydrogens is 384 g/mol. The first-order chi connectivity index (χ1) is 10.4. The second kappa shape index (κ2) is 7.75. The molecule has 2 N–H and O–H groups in total. The molecule has 2 amide bonds. The van der Waals surface area contributed by atoms with Gasteiger partial charge in [-0.05, 0) is 38.1 Å². The van der Waals surface area contributed by atoms with Crippen molar-refractivity contribution < 1.29 is 9.59 Å². The minimum Gasteiger partial charge on any atom is -0.353 e. The summed E-state index contributed by atoms with van der Waals surface area (Å²) in [7, 11) is 0. The Kier molecular flexibility index (Phi) is 6.23. The summed E-state index contributed by atoms with van der Waals surface area (Å²) in [4.78, 5) is 24.6. The first-order valence-electron chi connectivity index (χ1n) is 6.95. The minimum atomic E-state index is -0.417. The molecule has 0 unspecified atom stereocenters. The predicted molar refractivity (Wildman–Crippen MR) is 96.3 cm³/mol. The van der Waals surface area contributed by atoms with Crippen LogP contribution in [0.2, 0.25) is 0 Å². The number of carbonyl (C=O) groups excluding carboxylic acids is 2. The predicted octanol–water partition coefficient (Wildman–Crippen LogP) is 2.67. The molecule has 1 heterocycles. The summed E-state index contributed by atoms with van der Waals surface area (Å²) in [5.74, 6) is 0.900. The van der Waals surface area contributed by atoms with Gasteiger partial charge in [-0.25, -0.2) is 0 Å². The van der Waals surface area contributed by atoms with Crippen molar-refractivity contribution in [3.05, 3.63) is 28.7 Å². The van der Waals surface area contributed by atoms with Gasteiger partial charge in [0.1, 0.15) is 6.04 Å². The topological polar surface area (TPSA) is 58.2 Å². The zero-order chi connectivity index (χ0) is 16.2. The second-order valence-electron chi connectivity index (χ2n) is 5.67. The van der Waals surface area contributed by atoms with Crippen molar-refractivity contribution >= 4 is 51.3 Å². The van der Waals surface area contributed by atoms with Gasteiger partial charge in [0, 0.05) is 26.4 Å². The third-order valence-corrected chi connectivity index (χ3v) is 5.83. The highest BCUT2D eigenvalue weighted by Gasteiger charge is 2.27. The molecule has 0 spiro atoms. The second-order valence-corrected chi connectivity index (χ2v) is 9.40. The van der Waals surface area contributed by atoms with Gasteiger partial charge in [0.05, 0.1) is 5.75 Å². The molecule has 1 saturated heterocycles. The van der Waals surface area contributed by atoms with Crippen LogP contribution in [0.5, 0.6) is 0 Å². The summed E-state index contributed by atoms with van der Waals surface area (Å²) in [6, 6.07) is 7.70. The first-order valence-corrected chi connectivity index (χ1v) is 9.71. The Labute approximate surface area is 147 Å². The zero-order valence-electron chi connectivity index (χ0n) is 12.5. The van der Waals surface area contributed by atoms with Crippen molar-refractivity contribution in [3.63, 3.8) is 0 Å². The van der Waals surface area contributed by atoms with E-state index in [2.05, 4.69) is 52.5 Å². The number of rotatable bonds is 5. The Balaban J connectivity index is 1.84. The molecule has 1 aromatic carbocycles. The highest BCUT2D eigenvalue weighted by atomic mass is 79.9. The van der Waals surface area contributed by atoms with Crippen LogP contribution < -0.4 is 10.6 Å². The van der Waals surface area contributed by atoms with Gasteiger partial charge in [-0.2, -0.15) is 0 Å². The van der Waals surface area contributed by atoms with Crippen LogP contribution in [0.25, 0.3) is 0 Å². The molecular formula is C15H19BrN2O2S2. The zero-order valence-corrected chi connectivity index (χ0v) is 15.7. The number of carbonyl (C=O) groups is 2. The van der Waals surface area contributed by atoms with E-state index in [1.807, 2.05) is 12.1 Å². The summed E-state index contributed by atoms with van der Waals surface area (Å²) >= 11 is 6.63. The smallest absolute Gasteiger partial charge is 0.243 e. The number of hydrogen-bond donors (Lipinski definition) is 2. The fraction of sp³-hybridized carbons (Fsp3) is 0.467. The lowest BCUT2D eigenvalue weighted by Crippen LogP contribution is -2.53. The van der Waals surface area contributed by atoms with Crippen LogP contribution in [0, 0.1) is 0 Å². The lowest BCUT2D eigenvalue weighted by molar-refractivity contribution is -0.127. The molecule has 0 aromatic heterocycles. The van der Waals surface area contributed by atoms with Crippen LogP contribution in [0.1, 0.15) is 13.8 Å². The quantitative estimate of drug-likeness (QED) is 0.743. The van der Waals surface area contributed by atoms with Gasteiger partial charge in [0.25, 0.3) is 0 Å². The van der Waals surface area contributed by atoms with Crippen LogP contribution in [-0.2, 0) is 9.59 Å². The molecule has 1 fully saturated rings. The van der Waals surface area contributed by atoms with Gasteiger partial charge in [-0.1, -0.05) is 15.9 Å². The standard InChI is InChI=1S/C15H19BrN2O2S2/c1-15(2,22-11-5-3-10(16)4-6-11)9-17-14(20)12-7-21-8-13(19)18-12/h3-6,12H,7-9H2,1-2H3,(H,17,20)(H,18,19)/t12-/m0/s1. The van der Waals surface area contributed by atoms with Crippen molar-refractivity contribution in [1.82, 2.24) is 10.6 Å². The molecule has 1 atom stereocenters. The molecule has 22 heavy (non-hydrogen) atoms. The van der Waals surface area contributed by atoms with Gasteiger partial charge < -0.3 is 10.6 Å². The molecule has 0 aliphatic carbocycles. The third kappa shape index (κ3) is 5.52. The van der Waals surface area contributed by atoms with Crippen molar-refractivity contribution in [3.8, 4) is 0 Å². The van der Waals surface area contributed by atoms with Crippen LogP contribution >= 0.6 is 39.5 Å². The SMILES string of the molecule is CC(C)(CNC(=O)[C@@H]1CSCC(=O)N1)Sc1ccc(Br)cc1. The Bertz CT molecular complexity index is 549. The van der Waals surface area contributed by atoms with Gasteiger partial charge in [0.2, 0.25) is 11.8 Å². The van der Waals surface area contributed by atoms with Gasteiger partial charge in [0.15, 0.2) is 0 Å². The molecule has 4 nitrogen and oxygen atoms in total. The van der Waals surface area contributed by atoms with E-state index >= 15 is 0 Å². The summed E-state index contributed by atoms with van der Waals surface area (Å²) in [5.41, 5.74) is 0. The van der Waals surface area contributed by atoms with Crippen LogP contribution in [0.3, 0.4) is 0 Å². The molecule has 120 valence electrons. The molecule has 0 radical (unpaired) electrons. The molecule has 1 aromatic rings. The monoisotopic (exact) mass is 402 g/mol. The van der Waals surface area contributed by atoms with Gasteiger partial charge >= 0.3 is 0 Å². The number of halogens is 1. The number of amides is 2. The van der Waals surface area contributed by atoms with Gasteiger partial charge in [-0.3, -0.25) is 9.59 Å². The average Bonchev–Trinajstić information content (AvgIpc) is 2.47. The van der Waals surface area contributed by atoms with Gasteiger partial charge in [-0.15, -0.1) is 23.5 Å². The van der Waals surface area contributed by atoms with Crippen LogP contribution in [0.4, 0.5) is 0 Å². The number of thioether (sulfide) groups is 2. The van der Waals surface area contributed by atoms with E-state index in [1.165, 1.54) is 11.8 Å². The molecule has 1 aliphatic heterocycles. The lowest BCUT2D eigenvalue weighted by Gasteiger charge is -2.27. The Hall–Kier alpha value is -0.660. The number of hydrogen-bond acceptors (Lipinski definition) is 4. The maximum atomic E-state index is 12.1. The lowest BCUT2D eigenvalue weighted by atomic mass is 10.2. The third-order valence-electron chi connectivity index (χ3n) is 3.07. The summed E-state index contributed by atoms with van der Waals surface area (Å²) in [6.45, 7) is 4.73. The molecule has 2 rings (SSSR count). The van der Waals surface area contributed by atoms with Crippen molar-refractivity contribution in [1.29, 1.82) is 0 Å².